The first-order valence-corrected chi connectivity index (χ1v) is 6.05. The number of halogens is 2. The Balaban J connectivity index is 2.60. The van der Waals surface area contributed by atoms with E-state index in [0.717, 1.165) is 28.8 Å². The van der Waals surface area contributed by atoms with E-state index in [4.69, 9.17) is 16.3 Å². The molecule has 0 spiro atoms. The number of nitrogens with one attached hydrogen (secondary N) is 1. The summed E-state index contributed by atoms with van der Waals surface area (Å²) < 4.78 is 6.61. The molecule has 4 heteroatoms. The Morgan fingerprint density at radius 2 is 2.20 bits per heavy atom. The Hall–Kier alpha value is -0.250. The van der Waals surface area contributed by atoms with Crippen molar-refractivity contribution < 1.29 is 4.74 Å². The third-order valence-corrected chi connectivity index (χ3v) is 2.75. The van der Waals surface area contributed by atoms with Crippen molar-refractivity contribution in [2.24, 2.45) is 0 Å². The van der Waals surface area contributed by atoms with Crippen LogP contribution in [-0.2, 0) is 0 Å². The van der Waals surface area contributed by atoms with Gasteiger partial charge in [0.2, 0.25) is 0 Å². The second-order valence-corrected chi connectivity index (χ2v) is 4.66. The maximum Gasteiger partial charge on any atom is 0.140 e. The molecular weight excluding hydrogens is 277 g/mol. The van der Waals surface area contributed by atoms with E-state index in [-0.39, 0.29) is 0 Å². The topological polar surface area (TPSA) is 21.3 Å². The van der Waals surface area contributed by atoms with Crippen LogP contribution < -0.4 is 10.1 Å². The molecule has 0 aromatic heterocycles. The fourth-order valence-corrected chi connectivity index (χ4v) is 2.32. The quantitative estimate of drug-likeness (QED) is 0.840. The number of hydrogen-bond acceptors (Lipinski definition) is 2. The smallest absolute Gasteiger partial charge is 0.140 e. The fourth-order valence-electron chi connectivity index (χ4n) is 1.29. The van der Waals surface area contributed by atoms with E-state index in [1.54, 1.807) is 0 Å². The lowest BCUT2D eigenvalue weighted by Crippen LogP contribution is -2.11. The number of ether oxygens (including phenoxy) is 1. The van der Waals surface area contributed by atoms with Crippen LogP contribution in [0.4, 0.5) is 0 Å². The standard InChI is InChI=1S/C11H15BrClNO/c1-8-6-9(12)7-10(13)11(8)15-5-3-4-14-2/h6-7,14H,3-5H2,1-2H3. The molecule has 0 amide bonds. The number of hydrogen-bond donors (Lipinski definition) is 1. The van der Waals surface area contributed by atoms with Crippen LogP contribution in [0.5, 0.6) is 5.75 Å². The van der Waals surface area contributed by atoms with Crippen molar-refractivity contribution in [2.75, 3.05) is 20.2 Å². The Morgan fingerprint density at radius 1 is 1.47 bits per heavy atom. The first-order chi connectivity index (χ1) is 7.15. The maximum atomic E-state index is 6.08. The molecule has 0 fully saturated rings. The Bertz CT molecular complexity index is 307. The molecule has 0 bridgehead atoms. The van der Waals surface area contributed by atoms with Gasteiger partial charge in [0.1, 0.15) is 5.75 Å². The molecule has 84 valence electrons. The number of benzene rings is 1. The minimum atomic E-state index is 0.659. The monoisotopic (exact) mass is 291 g/mol. The van der Waals surface area contributed by atoms with Crippen LogP contribution in [0.2, 0.25) is 5.02 Å². The third-order valence-electron chi connectivity index (χ3n) is 2.01. The summed E-state index contributed by atoms with van der Waals surface area (Å²) in [6.45, 7) is 3.63. The van der Waals surface area contributed by atoms with Crippen LogP contribution in [0.25, 0.3) is 0 Å². The van der Waals surface area contributed by atoms with E-state index in [1.807, 2.05) is 26.1 Å². The van der Waals surface area contributed by atoms with Crippen LogP contribution >= 0.6 is 27.5 Å². The molecule has 0 aliphatic heterocycles. The third kappa shape index (κ3) is 4.01. The maximum absolute atomic E-state index is 6.08. The Morgan fingerprint density at radius 3 is 2.80 bits per heavy atom. The summed E-state index contributed by atoms with van der Waals surface area (Å²) in [5, 5.41) is 3.73. The zero-order valence-corrected chi connectivity index (χ0v) is 11.3. The van der Waals surface area contributed by atoms with Gasteiger partial charge < -0.3 is 10.1 Å². The summed E-state index contributed by atoms with van der Waals surface area (Å²) >= 11 is 9.47. The second-order valence-electron chi connectivity index (χ2n) is 3.34. The highest BCUT2D eigenvalue weighted by molar-refractivity contribution is 9.10. The van der Waals surface area contributed by atoms with E-state index >= 15 is 0 Å². The average Bonchev–Trinajstić information content (AvgIpc) is 2.15. The molecule has 0 saturated carbocycles. The minimum absolute atomic E-state index is 0.659. The van der Waals surface area contributed by atoms with Crippen molar-refractivity contribution in [3.05, 3.63) is 27.2 Å². The molecule has 1 rings (SSSR count). The van der Waals surface area contributed by atoms with Gasteiger partial charge in [-0.15, -0.1) is 0 Å². The zero-order chi connectivity index (χ0) is 11.3. The van der Waals surface area contributed by atoms with E-state index in [0.29, 0.717) is 11.6 Å². The van der Waals surface area contributed by atoms with Gasteiger partial charge in [0.15, 0.2) is 0 Å². The molecule has 0 unspecified atom stereocenters. The molecule has 1 N–H and O–H groups in total. The van der Waals surface area contributed by atoms with Crippen LogP contribution in [0.1, 0.15) is 12.0 Å². The van der Waals surface area contributed by atoms with Crippen molar-refractivity contribution >= 4 is 27.5 Å². The van der Waals surface area contributed by atoms with Gasteiger partial charge in [0.05, 0.1) is 11.6 Å². The molecule has 1 aromatic carbocycles. The van der Waals surface area contributed by atoms with E-state index in [2.05, 4.69) is 21.2 Å². The van der Waals surface area contributed by atoms with Crippen molar-refractivity contribution in [2.45, 2.75) is 13.3 Å². The predicted octanol–water partition coefficient (Wildman–Crippen LogP) is 3.40. The molecule has 0 aliphatic rings. The van der Waals surface area contributed by atoms with Gasteiger partial charge in [-0.1, -0.05) is 27.5 Å². The van der Waals surface area contributed by atoms with Gasteiger partial charge in [0.25, 0.3) is 0 Å². The summed E-state index contributed by atoms with van der Waals surface area (Å²) in [6.07, 6.45) is 0.975. The van der Waals surface area contributed by atoms with Crippen LogP contribution in [-0.4, -0.2) is 20.2 Å². The highest BCUT2D eigenvalue weighted by atomic mass is 79.9. The number of rotatable bonds is 5. The Labute approximate surface area is 104 Å². The van der Waals surface area contributed by atoms with E-state index in [9.17, 15) is 0 Å². The lowest BCUT2D eigenvalue weighted by atomic mass is 10.2. The van der Waals surface area contributed by atoms with Crippen LogP contribution in [0, 0.1) is 6.92 Å². The molecule has 0 radical (unpaired) electrons. The predicted molar refractivity (Wildman–Crippen MR) is 67.9 cm³/mol. The van der Waals surface area contributed by atoms with Gasteiger partial charge >= 0.3 is 0 Å². The van der Waals surface area contributed by atoms with Gasteiger partial charge in [-0.2, -0.15) is 0 Å². The van der Waals surface area contributed by atoms with Gasteiger partial charge in [-0.25, -0.2) is 0 Å². The average molecular weight is 293 g/mol. The molecular formula is C11H15BrClNO. The van der Waals surface area contributed by atoms with E-state index < -0.39 is 0 Å². The highest BCUT2D eigenvalue weighted by Gasteiger charge is 2.06. The first-order valence-electron chi connectivity index (χ1n) is 4.88. The first kappa shape index (κ1) is 12.8. The summed E-state index contributed by atoms with van der Waals surface area (Å²) in [5.74, 6) is 0.788. The second kappa shape index (κ2) is 6.36. The fraction of sp³-hybridized carbons (Fsp3) is 0.455. The lowest BCUT2D eigenvalue weighted by molar-refractivity contribution is 0.308. The largest absolute Gasteiger partial charge is 0.492 e. The molecule has 1 aromatic rings. The molecule has 15 heavy (non-hydrogen) atoms. The van der Waals surface area contributed by atoms with Crippen LogP contribution in [0.3, 0.4) is 0 Å². The molecule has 2 nitrogen and oxygen atoms in total. The molecule has 0 aliphatic carbocycles. The molecule has 0 heterocycles. The van der Waals surface area contributed by atoms with Crippen molar-refractivity contribution in [1.29, 1.82) is 0 Å². The van der Waals surface area contributed by atoms with Gasteiger partial charge in [0, 0.05) is 4.47 Å². The summed E-state index contributed by atoms with van der Waals surface area (Å²) in [6, 6.07) is 3.85. The molecule has 0 saturated heterocycles. The normalized spacial score (nSPS) is 10.4. The van der Waals surface area contributed by atoms with E-state index in [1.165, 1.54) is 0 Å². The number of aryl methyl sites for hydroxylation is 1. The highest BCUT2D eigenvalue weighted by Crippen LogP contribution is 2.31. The van der Waals surface area contributed by atoms with Crippen molar-refractivity contribution in [3.8, 4) is 5.75 Å². The Kier molecular flexibility index (Phi) is 5.43. The summed E-state index contributed by atoms with van der Waals surface area (Å²) in [7, 11) is 1.93. The zero-order valence-electron chi connectivity index (χ0n) is 8.94. The summed E-state index contributed by atoms with van der Waals surface area (Å²) in [4.78, 5) is 0. The van der Waals surface area contributed by atoms with Crippen molar-refractivity contribution in [3.63, 3.8) is 0 Å². The van der Waals surface area contributed by atoms with Gasteiger partial charge in [-0.3, -0.25) is 0 Å². The summed E-state index contributed by atoms with van der Waals surface area (Å²) in [5.41, 5.74) is 1.05. The molecule has 0 atom stereocenters. The minimum Gasteiger partial charge on any atom is -0.492 e. The SMILES string of the molecule is CNCCCOc1c(C)cc(Br)cc1Cl. The van der Waals surface area contributed by atoms with Crippen molar-refractivity contribution in [1.82, 2.24) is 5.32 Å². The van der Waals surface area contributed by atoms with Crippen LogP contribution in [0.15, 0.2) is 16.6 Å². The lowest BCUT2D eigenvalue weighted by Gasteiger charge is -2.11. The van der Waals surface area contributed by atoms with Gasteiger partial charge in [-0.05, 0) is 44.6 Å².